The molecule has 0 fully saturated rings. The fourth-order valence-corrected chi connectivity index (χ4v) is 3.27. The van der Waals surface area contributed by atoms with E-state index in [9.17, 15) is 23.1 Å². The number of hydrogen-bond acceptors (Lipinski definition) is 5. The monoisotopic (exact) mass is 511 g/mol. The van der Waals surface area contributed by atoms with E-state index in [-0.39, 0.29) is 22.7 Å². The van der Waals surface area contributed by atoms with Crippen molar-refractivity contribution < 1.29 is 27.7 Å². The van der Waals surface area contributed by atoms with Crippen molar-refractivity contribution in [1.82, 2.24) is 0 Å². The molecule has 6 N–H and O–H groups in total. The molecule has 1 amide bonds. The van der Waals surface area contributed by atoms with Crippen LogP contribution in [-0.2, 0) is 15.5 Å². The van der Waals surface area contributed by atoms with Gasteiger partial charge in [-0.1, -0.05) is 51.1 Å². The smallest absolute Gasteiger partial charge is 0.336 e. The van der Waals surface area contributed by atoms with Crippen LogP contribution in [0.15, 0.2) is 66.7 Å². The molecule has 0 saturated carbocycles. The third-order valence-electron chi connectivity index (χ3n) is 5.03. The number of nitrogens with one attached hydrogen (secondary N) is 2. The van der Waals surface area contributed by atoms with Gasteiger partial charge >= 0.3 is 5.97 Å². The number of nitrogen functional groups attached to an aromatic ring is 1. The van der Waals surface area contributed by atoms with Crippen molar-refractivity contribution in [3.05, 3.63) is 89.0 Å². The van der Waals surface area contributed by atoms with E-state index in [4.69, 9.17) is 15.7 Å². The molecule has 0 spiro atoms. The number of amides is 1. The average Bonchev–Trinajstić information content (AvgIpc) is 2.77. The molecule has 9 nitrogen and oxygen atoms in total. The molecular weight excluding hydrogens is 482 g/mol. The molecule has 3 aromatic carbocycles. The summed E-state index contributed by atoms with van der Waals surface area (Å²) < 4.78 is 25.9. The van der Waals surface area contributed by atoms with Crippen LogP contribution in [0.2, 0.25) is 0 Å². The summed E-state index contributed by atoms with van der Waals surface area (Å²) in [6.07, 6.45) is 0.715. The maximum Gasteiger partial charge on any atom is 0.336 e. The number of anilines is 1. The van der Waals surface area contributed by atoms with Crippen LogP contribution >= 0.6 is 0 Å². The first-order valence-electron chi connectivity index (χ1n) is 10.7. The number of hydrogen-bond donors (Lipinski definition) is 5. The summed E-state index contributed by atoms with van der Waals surface area (Å²) in [5.41, 5.74) is 8.90. The number of carboxylic acids is 1. The fraction of sp³-hybridized carbons (Fsp3) is 0.192. The predicted molar refractivity (Wildman–Crippen MR) is 140 cm³/mol. The first-order valence-corrected chi connectivity index (χ1v) is 12.6. The number of rotatable bonds is 5. The summed E-state index contributed by atoms with van der Waals surface area (Å²) in [5.74, 6) is -1.46. The summed E-state index contributed by atoms with van der Waals surface area (Å²) in [5, 5.41) is 20.0. The van der Waals surface area contributed by atoms with Gasteiger partial charge in [-0.25, -0.2) is 4.79 Å². The van der Waals surface area contributed by atoms with Crippen molar-refractivity contribution in [3.63, 3.8) is 0 Å². The van der Waals surface area contributed by atoms with Gasteiger partial charge in [0.05, 0.1) is 11.8 Å². The van der Waals surface area contributed by atoms with Gasteiger partial charge in [-0.15, -0.1) is 0 Å². The van der Waals surface area contributed by atoms with Crippen molar-refractivity contribution in [2.24, 2.45) is 5.73 Å². The predicted octanol–water partition coefficient (Wildman–Crippen LogP) is 4.39. The standard InChI is InChI=1S/C25H25N3O3.CH4O3S/c1-25(2,3)16-10-13-19(18-6-4-5-7-20(18)24(30)31)21(14-16)23(29)28-17-11-8-15(9-12-17)22(26)27;1-5(2,3)4/h4-14H,1-3H3,(H3,26,27)(H,28,29)(H,30,31);1H3,(H,2,3,4). The lowest BCUT2D eigenvalue weighted by atomic mass is 9.83. The van der Waals surface area contributed by atoms with Crippen LogP contribution in [0.25, 0.3) is 11.1 Å². The molecule has 36 heavy (non-hydrogen) atoms. The minimum atomic E-state index is -3.67. The first-order chi connectivity index (χ1) is 16.6. The Bertz CT molecular complexity index is 1380. The van der Waals surface area contributed by atoms with Crippen LogP contribution in [0.5, 0.6) is 0 Å². The SMILES string of the molecule is CC(C)(C)c1ccc(-c2ccccc2C(=O)O)c(C(=O)Nc2ccc(C(=N)N)cc2)c1.CS(=O)(=O)O. The Labute approximate surface area is 210 Å². The van der Waals surface area contributed by atoms with Gasteiger partial charge in [0.25, 0.3) is 16.0 Å². The zero-order valence-electron chi connectivity index (χ0n) is 20.4. The molecule has 0 atom stereocenters. The van der Waals surface area contributed by atoms with Crippen LogP contribution in [0, 0.1) is 5.41 Å². The Kier molecular flexibility index (Phi) is 8.74. The normalized spacial score (nSPS) is 11.1. The molecular formula is C26H29N3O6S. The largest absolute Gasteiger partial charge is 0.478 e. The van der Waals surface area contributed by atoms with Gasteiger partial charge in [0, 0.05) is 16.8 Å². The molecule has 0 bridgehead atoms. The Morgan fingerprint density at radius 3 is 1.94 bits per heavy atom. The minimum absolute atomic E-state index is 0.0525. The van der Waals surface area contributed by atoms with Gasteiger partial charge < -0.3 is 16.2 Å². The second kappa shape index (κ2) is 11.1. The third-order valence-corrected chi connectivity index (χ3v) is 5.03. The third kappa shape index (κ3) is 8.03. The van der Waals surface area contributed by atoms with Gasteiger partial charge in [-0.2, -0.15) is 8.42 Å². The molecule has 3 aromatic rings. The number of amidine groups is 1. The molecule has 0 unspecified atom stereocenters. The molecule has 3 rings (SSSR count). The van der Waals surface area contributed by atoms with E-state index in [0.717, 1.165) is 5.56 Å². The van der Waals surface area contributed by atoms with Crippen molar-refractivity contribution in [1.29, 1.82) is 5.41 Å². The number of aromatic carboxylic acids is 1. The first kappa shape index (κ1) is 28.2. The van der Waals surface area contributed by atoms with Crippen LogP contribution in [0.4, 0.5) is 5.69 Å². The van der Waals surface area contributed by atoms with Gasteiger partial charge in [0.1, 0.15) is 5.84 Å². The van der Waals surface area contributed by atoms with E-state index in [1.165, 1.54) is 6.07 Å². The van der Waals surface area contributed by atoms with Gasteiger partial charge in [-0.05, 0) is 58.5 Å². The van der Waals surface area contributed by atoms with Crippen molar-refractivity contribution in [2.75, 3.05) is 11.6 Å². The van der Waals surface area contributed by atoms with E-state index in [1.807, 2.05) is 12.1 Å². The molecule has 0 heterocycles. The zero-order chi connectivity index (χ0) is 27.3. The maximum absolute atomic E-state index is 13.3. The summed E-state index contributed by atoms with van der Waals surface area (Å²) in [4.78, 5) is 25.0. The van der Waals surface area contributed by atoms with Crippen molar-refractivity contribution in [2.45, 2.75) is 26.2 Å². The van der Waals surface area contributed by atoms with Gasteiger partial charge in [0.2, 0.25) is 0 Å². The maximum atomic E-state index is 13.3. The number of carboxylic acid groups (broad SMARTS) is 1. The van der Waals surface area contributed by atoms with Crippen LogP contribution < -0.4 is 11.1 Å². The van der Waals surface area contributed by atoms with Gasteiger partial charge in [0.15, 0.2) is 0 Å². The van der Waals surface area contributed by atoms with E-state index in [0.29, 0.717) is 34.2 Å². The van der Waals surface area contributed by atoms with Crippen molar-refractivity contribution >= 4 is 33.5 Å². The molecule has 0 aliphatic carbocycles. The lowest BCUT2D eigenvalue weighted by Crippen LogP contribution is -2.17. The van der Waals surface area contributed by atoms with Crippen molar-refractivity contribution in [3.8, 4) is 11.1 Å². The summed E-state index contributed by atoms with van der Waals surface area (Å²) >= 11 is 0. The highest BCUT2D eigenvalue weighted by molar-refractivity contribution is 7.85. The highest BCUT2D eigenvalue weighted by Gasteiger charge is 2.22. The number of carbonyl (C=O) groups excluding carboxylic acids is 1. The van der Waals surface area contributed by atoms with Crippen LogP contribution in [-0.4, -0.2) is 42.0 Å². The molecule has 0 radical (unpaired) electrons. The Balaban J connectivity index is 0.000000830. The summed E-state index contributed by atoms with van der Waals surface area (Å²) in [6, 6.07) is 18.8. The number of benzene rings is 3. The lowest BCUT2D eigenvalue weighted by molar-refractivity contribution is 0.0697. The molecule has 0 aromatic heterocycles. The number of nitrogens with two attached hydrogens (primary N) is 1. The van der Waals surface area contributed by atoms with E-state index in [1.54, 1.807) is 48.5 Å². The quantitative estimate of drug-likeness (QED) is 0.192. The van der Waals surface area contributed by atoms with E-state index >= 15 is 0 Å². The summed E-state index contributed by atoms with van der Waals surface area (Å²) in [6.45, 7) is 6.15. The zero-order valence-corrected chi connectivity index (χ0v) is 21.2. The molecule has 0 aliphatic rings. The van der Waals surface area contributed by atoms with E-state index in [2.05, 4.69) is 26.1 Å². The van der Waals surface area contributed by atoms with Crippen LogP contribution in [0.3, 0.4) is 0 Å². The van der Waals surface area contributed by atoms with E-state index < -0.39 is 16.1 Å². The molecule has 0 aliphatic heterocycles. The Morgan fingerprint density at radius 1 is 0.917 bits per heavy atom. The molecule has 10 heteroatoms. The Hall–Kier alpha value is -4.02. The highest BCUT2D eigenvalue weighted by Crippen LogP contribution is 2.32. The average molecular weight is 512 g/mol. The van der Waals surface area contributed by atoms with Crippen LogP contribution in [0.1, 0.15) is 52.6 Å². The molecule has 0 saturated heterocycles. The number of carbonyl (C=O) groups is 2. The minimum Gasteiger partial charge on any atom is -0.478 e. The second-order valence-corrected chi connectivity index (χ2v) is 10.5. The Morgan fingerprint density at radius 2 is 1.44 bits per heavy atom. The second-order valence-electron chi connectivity index (χ2n) is 9.04. The fourth-order valence-electron chi connectivity index (χ4n) is 3.27. The lowest BCUT2D eigenvalue weighted by Gasteiger charge is -2.22. The molecule has 190 valence electrons. The summed E-state index contributed by atoms with van der Waals surface area (Å²) in [7, 11) is -3.67. The van der Waals surface area contributed by atoms with Gasteiger partial charge in [-0.3, -0.25) is 14.8 Å². The topological polar surface area (TPSA) is 171 Å². The highest BCUT2D eigenvalue weighted by atomic mass is 32.2.